The van der Waals surface area contributed by atoms with Gasteiger partial charge in [0.05, 0.1) is 12.2 Å². The molecule has 4 heteroatoms. The molecule has 0 aliphatic heterocycles. The van der Waals surface area contributed by atoms with Crippen molar-refractivity contribution in [3.05, 3.63) is 29.8 Å². The highest BCUT2D eigenvalue weighted by atomic mass is 16.5. The summed E-state index contributed by atoms with van der Waals surface area (Å²) in [6.07, 6.45) is 9.63. The van der Waals surface area contributed by atoms with Crippen LogP contribution in [0.3, 0.4) is 0 Å². The van der Waals surface area contributed by atoms with Crippen LogP contribution in [-0.2, 0) is 4.74 Å². The van der Waals surface area contributed by atoms with Crippen LogP contribution in [0.1, 0.15) is 68.6 Å². The van der Waals surface area contributed by atoms with E-state index in [0.717, 1.165) is 49.9 Å². The number of benzene rings is 1. The van der Waals surface area contributed by atoms with Crippen molar-refractivity contribution in [3.63, 3.8) is 0 Å². The highest BCUT2D eigenvalue weighted by Gasteiger charge is 2.40. The van der Waals surface area contributed by atoms with E-state index in [0.29, 0.717) is 11.6 Å². The Morgan fingerprint density at radius 1 is 1.07 bits per heavy atom. The molecule has 2 aliphatic rings. The first-order chi connectivity index (χ1) is 13.1. The lowest BCUT2D eigenvalue weighted by molar-refractivity contribution is -0.0394. The Balaban J connectivity index is 1.61. The number of likely N-dealkylation sites (N-methyl/N-ethyl adjacent to an activating group) is 1. The van der Waals surface area contributed by atoms with Gasteiger partial charge in [0, 0.05) is 6.04 Å². The Labute approximate surface area is 164 Å². The van der Waals surface area contributed by atoms with Gasteiger partial charge in [0.15, 0.2) is 0 Å². The maximum absolute atomic E-state index is 12.7. The molecule has 1 aromatic carbocycles. The number of esters is 1. The van der Waals surface area contributed by atoms with Crippen molar-refractivity contribution in [1.29, 1.82) is 0 Å². The lowest BCUT2D eigenvalue weighted by atomic mass is 9.68. The van der Waals surface area contributed by atoms with E-state index in [2.05, 4.69) is 25.9 Å². The van der Waals surface area contributed by atoms with Crippen LogP contribution in [-0.4, -0.2) is 43.7 Å². The van der Waals surface area contributed by atoms with E-state index < -0.39 is 0 Å². The van der Waals surface area contributed by atoms with E-state index in [1.807, 2.05) is 24.3 Å². The zero-order valence-electron chi connectivity index (χ0n) is 17.2. The Hall–Kier alpha value is -1.55. The van der Waals surface area contributed by atoms with Gasteiger partial charge in [0.25, 0.3) is 0 Å². The van der Waals surface area contributed by atoms with E-state index in [1.54, 1.807) is 0 Å². The van der Waals surface area contributed by atoms with Gasteiger partial charge in [-0.1, -0.05) is 39.0 Å². The fourth-order valence-electron chi connectivity index (χ4n) is 4.72. The minimum Gasteiger partial charge on any atom is -0.494 e. The maximum Gasteiger partial charge on any atom is 0.338 e. The Bertz CT molecular complexity index is 598. The van der Waals surface area contributed by atoms with Gasteiger partial charge in [-0.25, -0.2) is 4.79 Å². The molecule has 1 aromatic rings. The smallest absolute Gasteiger partial charge is 0.338 e. The topological polar surface area (TPSA) is 38.8 Å². The predicted octanol–water partition coefficient (Wildman–Crippen LogP) is 4.92. The SMILES string of the molecule is CCCCOc1ccc(C(=O)OC2CC3CCCCC3CC2N(C)C)cc1. The fraction of sp³-hybridized carbons (Fsp3) is 0.696. The molecular weight excluding hydrogens is 338 g/mol. The van der Waals surface area contributed by atoms with Crippen LogP contribution < -0.4 is 4.74 Å². The molecule has 2 fully saturated rings. The van der Waals surface area contributed by atoms with Gasteiger partial charge in [-0.2, -0.15) is 0 Å². The van der Waals surface area contributed by atoms with Crippen molar-refractivity contribution < 1.29 is 14.3 Å². The summed E-state index contributed by atoms with van der Waals surface area (Å²) in [5.74, 6) is 2.14. The maximum atomic E-state index is 12.7. The molecule has 0 aromatic heterocycles. The molecule has 0 spiro atoms. The first-order valence-corrected chi connectivity index (χ1v) is 10.7. The average Bonchev–Trinajstić information content (AvgIpc) is 2.68. The van der Waals surface area contributed by atoms with Gasteiger partial charge >= 0.3 is 5.97 Å². The predicted molar refractivity (Wildman–Crippen MR) is 108 cm³/mol. The highest BCUT2D eigenvalue weighted by Crippen LogP contribution is 2.42. The number of carbonyl (C=O) groups excluding carboxylic acids is 1. The molecule has 0 saturated heterocycles. The van der Waals surface area contributed by atoms with E-state index in [-0.39, 0.29) is 12.1 Å². The zero-order chi connectivity index (χ0) is 19.2. The van der Waals surface area contributed by atoms with Crippen molar-refractivity contribution in [2.75, 3.05) is 20.7 Å². The molecule has 4 unspecified atom stereocenters. The number of nitrogens with zero attached hydrogens (tertiary/aromatic N) is 1. The summed E-state index contributed by atoms with van der Waals surface area (Å²) in [6.45, 7) is 2.86. The van der Waals surface area contributed by atoms with Gasteiger partial charge in [-0.3, -0.25) is 0 Å². The summed E-state index contributed by atoms with van der Waals surface area (Å²) in [4.78, 5) is 15.0. The normalized spacial score (nSPS) is 27.9. The Morgan fingerprint density at radius 3 is 2.37 bits per heavy atom. The minimum atomic E-state index is -0.207. The third-order valence-corrected chi connectivity index (χ3v) is 6.35. The van der Waals surface area contributed by atoms with Crippen LogP contribution in [0.25, 0.3) is 0 Å². The molecule has 4 atom stereocenters. The van der Waals surface area contributed by atoms with Crippen molar-refractivity contribution >= 4 is 5.97 Å². The molecule has 4 nitrogen and oxygen atoms in total. The van der Waals surface area contributed by atoms with Crippen LogP contribution in [0.15, 0.2) is 24.3 Å². The second-order valence-corrected chi connectivity index (χ2v) is 8.48. The monoisotopic (exact) mass is 373 g/mol. The van der Waals surface area contributed by atoms with Gasteiger partial charge < -0.3 is 14.4 Å². The Kier molecular flexibility index (Phi) is 7.17. The zero-order valence-corrected chi connectivity index (χ0v) is 17.2. The molecule has 0 heterocycles. The lowest BCUT2D eigenvalue weighted by Crippen LogP contribution is -2.49. The summed E-state index contributed by atoms with van der Waals surface area (Å²) in [5.41, 5.74) is 0.612. The molecule has 0 radical (unpaired) electrons. The summed E-state index contributed by atoms with van der Waals surface area (Å²) in [7, 11) is 4.22. The van der Waals surface area contributed by atoms with Crippen molar-refractivity contribution in [2.24, 2.45) is 11.8 Å². The fourth-order valence-corrected chi connectivity index (χ4v) is 4.72. The van der Waals surface area contributed by atoms with Crippen LogP contribution in [0, 0.1) is 11.8 Å². The number of unbranched alkanes of at least 4 members (excludes halogenated alkanes) is 1. The number of ether oxygens (including phenoxy) is 2. The molecule has 2 aliphatic carbocycles. The molecule has 0 amide bonds. The van der Waals surface area contributed by atoms with Gasteiger partial charge in [-0.05, 0) is 69.5 Å². The van der Waals surface area contributed by atoms with Crippen LogP contribution in [0.4, 0.5) is 0 Å². The first kappa shape index (κ1) is 20.2. The van der Waals surface area contributed by atoms with Crippen LogP contribution in [0.5, 0.6) is 5.75 Å². The standard InChI is InChI=1S/C23H35NO3/c1-4-5-14-26-20-12-10-17(11-13-20)23(25)27-22-16-19-9-7-6-8-18(19)15-21(22)24(2)3/h10-13,18-19,21-22H,4-9,14-16H2,1-3H3. The van der Waals surface area contributed by atoms with Crippen LogP contribution >= 0.6 is 0 Å². The van der Waals surface area contributed by atoms with E-state index in [9.17, 15) is 4.79 Å². The molecule has 0 N–H and O–H groups in total. The number of fused-ring (bicyclic) bond motifs is 1. The number of carbonyl (C=O) groups is 1. The van der Waals surface area contributed by atoms with Crippen LogP contribution in [0.2, 0.25) is 0 Å². The average molecular weight is 374 g/mol. The van der Waals surface area contributed by atoms with Crippen molar-refractivity contribution in [1.82, 2.24) is 4.90 Å². The van der Waals surface area contributed by atoms with E-state index >= 15 is 0 Å². The van der Waals surface area contributed by atoms with Gasteiger partial charge in [0.2, 0.25) is 0 Å². The first-order valence-electron chi connectivity index (χ1n) is 10.7. The van der Waals surface area contributed by atoms with Crippen molar-refractivity contribution in [2.45, 2.75) is 70.4 Å². The highest BCUT2D eigenvalue weighted by molar-refractivity contribution is 5.89. The molecule has 150 valence electrons. The molecule has 3 rings (SSSR count). The lowest BCUT2D eigenvalue weighted by Gasteiger charge is -2.45. The molecular formula is C23H35NO3. The van der Waals surface area contributed by atoms with E-state index in [1.165, 1.54) is 25.7 Å². The number of hydrogen-bond donors (Lipinski definition) is 0. The second kappa shape index (κ2) is 9.59. The quantitative estimate of drug-likeness (QED) is 0.502. The molecule has 2 saturated carbocycles. The van der Waals surface area contributed by atoms with Gasteiger partial charge in [-0.15, -0.1) is 0 Å². The largest absolute Gasteiger partial charge is 0.494 e. The molecule has 0 bridgehead atoms. The summed E-state index contributed by atoms with van der Waals surface area (Å²) in [5, 5.41) is 0. The van der Waals surface area contributed by atoms with Crippen molar-refractivity contribution in [3.8, 4) is 5.75 Å². The number of rotatable bonds is 7. The third-order valence-electron chi connectivity index (χ3n) is 6.35. The molecule has 27 heavy (non-hydrogen) atoms. The second-order valence-electron chi connectivity index (χ2n) is 8.48. The minimum absolute atomic E-state index is 0.00710. The third kappa shape index (κ3) is 5.25. The summed E-state index contributed by atoms with van der Waals surface area (Å²) >= 11 is 0. The summed E-state index contributed by atoms with van der Waals surface area (Å²) < 4.78 is 11.7. The number of hydrogen-bond acceptors (Lipinski definition) is 4. The summed E-state index contributed by atoms with van der Waals surface area (Å²) in [6, 6.07) is 7.70. The Morgan fingerprint density at radius 2 is 1.74 bits per heavy atom. The van der Waals surface area contributed by atoms with E-state index in [4.69, 9.17) is 9.47 Å². The van der Waals surface area contributed by atoms with Gasteiger partial charge in [0.1, 0.15) is 11.9 Å².